The van der Waals surface area contributed by atoms with Crippen molar-refractivity contribution in [1.29, 1.82) is 0 Å². The number of aromatic nitrogens is 1. The summed E-state index contributed by atoms with van der Waals surface area (Å²) in [7, 11) is -2.84. The van der Waals surface area contributed by atoms with Crippen molar-refractivity contribution < 1.29 is 14.2 Å². The number of rotatable bonds is 1. The Morgan fingerprint density at radius 1 is 0.643 bits per heavy atom. The van der Waals surface area contributed by atoms with Crippen molar-refractivity contribution in [1.82, 2.24) is 4.57 Å². The van der Waals surface area contributed by atoms with Crippen LogP contribution in [-0.2, 0) is 16.2 Å². The Hall–Kier alpha value is -5.20. The highest BCUT2D eigenvalue weighted by atomic mass is 28.3. The Kier molecular flexibility index (Phi) is 6.45. The van der Waals surface area contributed by atoms with Crippen LogP contribution in [0.25, 0.3) is 22.7 Å². The van der Waals surface area contributed by atoms with Gasteiger partial charge in [-0.1, -0.05) is 118 Å². The first-order valence-corrected chi connectivity index (χ1v) is 22.8. The van der Waals surface area contributed by atoms with Crippen LogP contribution in [0, 0.1) is 0 Å². The molecule has 5 nitrogen and oxygen atoms in total. The third-order valence-electron chi connectivity index (χ3n) is 13.1. The van der Waals surface area contributed by atoms with Crippen molar-refractivity contribution in [3.05, 3.63) is 107 Å². The highest BCUT2D eigenvalue weighted by Crippen LogP contribution is 2.59. The lowest BCUT2D eigenvalue weighted by molar-refractivity contribution is 0.433. The van der Waals surface area contributed by atoms with Gasteiger partial charge < -0.3 is 23.7 Å². The molecule has 5 aromatic carbocycles. The highest BCUT2D eigenvalue weighted by Gasteiger charge is 2.58. The fourth-order valence-corrected chi connectivity index (χ4v) is 15.1. The molecule has 0 fully saturated rings. The predicted molar refractivity (Wildman–Crippen MR) is 233 cm³/mol. The number of hydrogen-bond acceptors (Lipinski definition) is 4. The Balaban J connectivity index is 1.26. The number of hydrogen-bond donors (Lipinski definition) is 0. The summed E-state index contributed by atoms with van der Waals surface area (Å²) in [6.45, 7) is 25.5. The third kappa shape index (κ3) is 4.26. The van der Waals surface area contributed by atoms with Crippen LogP contribution in [0.4, 0.5) is 17.1 Å². The average Bonchev–Trinajstić information content (AvgIpc) is 3.47. The molecule has 0 bridgehead atoms. The zero-order valence-electron chi connectivity index (χ0n) is 34.5. The second-order valence-electron chi connectivity index (χ2n) is 20.0. The maximum atomic E-state index is 7.46. The molecule has 0 radical (unpaired) electrons. The minimum absolute atomic E-state index is 0.0202. The van der Waals surface area contributed by atoms with E-state index in [0.29, 0.717) is 5.92 Å². The molecule has 5 heterocycles. The van der Waals surface area contributed by atoms with E-state index in [0.717, 1.165) is 58.0 Å². The summed E-state index contributed by atoms with van der Waals surface area (Å²) in [5.74, 6) is 5.97. The molecule has 0 saturated carbocycles. The van der Waals surface area contributed by atoms with Crippen LogP contribution in [0.15, 0.2) is 78.9 Å². The Morgan fingerprint density at radius 2 is 1.32 bits per heavy atom. The predicted octanol–water partition coefficient (Wildman–Crippen LogP) is 12.2. The topological polar surface area (TPSA) is 35.9 Å². The summed E-state index contributed by atoms with van der Waals surface area (Å²) >= 11 is 0. The van der Waals surface area contributed by atoms with Crippen LogP contribution >= 0.6 is 0 Å². The Bertz CT molecular complexity index is 2790. The van der Waals surface area contributed by atoms with E-state index in [2.05, 4.69) is 170 Å². The lowest BCUT2D eigenvalue weighted by atomic mass is 9.84. The standard InChI is InChI=1S/C50H50N2O3Si/c1-27-15-14-17-31-30-16-12-13-18-34(30)51(41(27)31)29-24-39-46-40(25-29)55-44-33(50(8,9)10)26-38-42-47(44)56(46,11)45-36(22-20-32(43(45)54-39)49(5,6)7)52(42)35-21-19-28(48(2,3)4)23-37(35)53-38/h12-14,16-27H,15H2,1-11H3. The molecule has 0 saturated heterocycles. The largest absolute Gasteiger partial charge is 0.457 e. The average molecular weight is 755 g/mol. The van der Waals surface area contributed by atoms with Gasteiger partial charge in [-0.05, 0) is 58.6 Å². The maximum absolute atomic E-state index is 7.46. The van der Waals surface area contributed by atoms with Gasteiger partial charge >= 0.3 is 0 Å². The number of allylic oxidation sites excluding steroid dienone is 1. The van der Waals surface area contributed by atoms with Crippen molar-refractivity contribution in [2.45, 2.75) is 104 Å². The van der Waals surface area contributed by atoms with Gasteiger partial charge in [-0.2, -0.15) is 0 Å². The first-order chi connectivity index (χ1) is 26.5. The molecule has 11 rings (SSSR count). The quantitative estimate of drug-likeness (QED) is 0.156. The maximum Gasteiger partial charge on any atom is 0.170 e. The SMILES string of the molecule is CC1CC=Cc2c1n(-c1cc3c4c(c1)Oc1c(C(C)(C)C)cc5c6c1[Si]4(C)c1c(ccc(C(C)(C)C)c1O3)N6c1ccc(C(C)(C)C)cc1O5)c1ccccc21. The van der Waals surface area contributed by atoms with Gasteiger partial charge in [-0.15, -0.1) is 0 Å². The second kappa shape index (κ2) is 10.6. The number of para-hydroxylation sites is 1. The summed E-state index contributed by atoms with van der Waals surface area (Å²) < 4.78 is 24.5. The fourth-order valence-electron chi connectivity index (χ4n) is 10.4. The van der Waals surface area contributed by atoms with Crippen molar-refractivity contribution in [3.63, 3.8) is 0 Å². The molecule has 56 heavy (non-hydrogen) atoms. The molecule has 6 aromatic rings. The molecule has 4 aliphatic heterocycles. The normalized spacial score (nSPS) is 19.5. The number of benzene rings is 5. The van der Waals surface area contributed by atoms with Crippen LogP contribution in [0.1, 0.15) is 110 Å². The zero-order chi connectivity index (χ0) is 39.0. The van der Waals surface area contributed by atoms with E-state index in [1.54, 1.807) is 0 Å². The molecule has 0 N–H and O–H groups in total. The first-order valence-electron chi connectivity index (χ1n) is 20.3. The number of anilines is 3. The van der Waals surface area contributed by atoms with E-state index in [-0.39, 0.29) is 16.2 Å². The summed E-state index contributed by atoms with van der Waals surface area (Å²) in [5, 5.41) is 5.11. The Morgan fingerprint density at radius 3 is 2.02 bits per heavy atom. The molecule has 2 unspecified atom stereocenters. The summed E-state index contributed by atoms with van der Waals surface area (Å²) in [4.78, 5) is 2.47. The molecular formula is C50H50N2O3Si. The molecule has 1 aromatic heterocycles. The molecule has 0 spiro atoms. The first kappa shape index (κ1) is 34.1. The summed E-state index contributed by atoms with van der Waals surface area (Å²) in [6.07, 6.45) is 5.65. The van der Waals surface area contributed by atoms with E-state index in [4.69, 9.17) is 14.2 Å². The monoisotopic (exact) mass is 754 g/mol. The van der Waals surface area contributed by atoms with Crippen LogP contribution in [0.5, 0.6) is 34.5 Å². The van der Waals surface area contributed by atoms with Gasteiger partial charge in [0.05, 0.1) is 28.3 Å². The van der Waals surface area contributed by atoms with Crippen LogP contribution in [-0.4, -0.2) is 12.6 Å². The summed E-state index contributed by atoms with van der Waals surface area (Å²) in [6, 6.07) is 27.2. The van der Waals surface area contributed by atoms with Crippen molar-refractivity contribution in [2.24, 2.45) is 0 Å². The molecule has 282 valence electrons. The van der Waals surface area contributed by atoms with Gasteiger partial charge in [0.2, 0.25) is 0 Å². The van der Waals surface area contributed by atoms with Gasteiger partial charge in [0.25, 0.3) is 0 Å². The van der Waals surface area contributed by atoms with E-state index >= 15 is 0 Å². The number of ether oxygens (including phenoxy) is 3. The van der Waals surface area contributed by atoms with Crippen molar-refractivity contribution in [3.8, 4) is 40.2 Å². The van der Waals surface area contributed by atoms with E-state index in [9.17, 15) is 0 Å². The fraction of sp³-hybridized carbons (Fsp3) is 0.320. The molecule has 1 aliphatic carbocycles. The van der Waals surface area contributed by atoms with Gasteiger partial charge in [0.15, 0.2) is 19.6 Å². The zero-order valence-corrected chi connectivity index (χ0v) is 35.5. The molecule has 0 amide bonds. The van der Waals surface area contributed by atoms with Crippen LogP contribution < -0.4 is 34.7 Å². The molecule has 6 heteroatoms. The van der Waals surface area contributed by atoms with Gasteiger partial charge in [0.1, 0.15) is 23.0 Å². The lowest BCUT2D eigenvalue weighted by Gasteiger charge is -2.51. The minimum atomic E-state index is -2.84. The smallest absolute Gasteiger partial charge is 0.170 e. The van der Waals surface area contributed by atoms with Crippen LogP contribution in [0.2, 0.25) is 6.55 Å². The molecule has 5 aliphatic rings. The van der Waals surface area contributed by atoms with Crippen molar-refractivity contribution >= 4 is 57.7 Å². The van der Waals surface area contributed by atoms with Gasteiger partial charge in [-0.25, -0.2) is 0 Å². The lowest BCUT2D eigenvalue weighted by Crippen LogP contribution is -2.72. The molecular weight excluding hydrogens is 705 g/mol. The highest BCUT2D eigenvalue weighted by molar-refractivity contribution is 7.14. The summed E-state index contributed by atoms with van der Waals surface area (Å²) in [5.41, 5.74) is 11.6. The van der Waals surface area contributed by atoms with Gasteiger partial charge in [-0.3, -0.25) is 0 Å². The number of fused-ring (bicyclic) bond motifs is 6. The second-order valence-corrected chi connectivity index (χ2v) is 23.8. The number of nitrogens with zero attached hydrogens (tertiary/aromatic N) is 2. The van der Waals surface area contributed by atoms with Crippen molar-refractivity contribution in [2.75, 3.05) is 4.90 Å². The van der Waals surface area contributed by atoms with E-state index in [1.165, 1.54) is 60.1 Å². The Labute approximate surface area is 331 Å². The third-order valence-corrected chi connectivity index (χ3v) is 17.6. The van der Waals surface area contributed by atoms with E-state index < -0.39 is 8.07 Å². The minimum Gasteiger partial charge on any atom is -0.457 e. The van der Waals surface area contributed by atoms with Gasteiger partial charge in [0, 0.05) is 61.4 Å². The molecule has 2 atom stereocenters. The van der Waals surface area contributed by atoms with E-state index in [1.807, 2.05) is 0 Å². The van der Waals surface area contributed by atoms with Crippen LogP contribution in [0.3, 0.4) is 0 Å².